The second-order valence-electron chi connectivity index (χ2n) is 5.10. The van der Waals surface area contributed by atoms with Crippen molar-refractivity contribution in [3.63, 3.8) is 0 Å². The van der Waals surface area contributed by atoms with E-state index in [1.54, 1.807) is 36.4 Å². The molecule has 23 heavy (non-hydrogen) atoms. The topological polar surface area (TPSA) is 64.6 Å². The second kappa shape index (κ2) is 7.45. The highest BCUT2D eigenvalue weighted by atomic mass is 16.5. The summed E-state index contributed by atoms with van der Waals surface area (Å²) in [7, 11) is 1.52. The van der Waals surface area contributed by atoms with Crippen molar-refractivity contribution in [3.05, 3.63) is 59.7 Å². The maximum atomic E-state index is 12.2. The molecule has 0 radical (unpaired) electrons. The number of amides is 1. The van der Waals surface area contributed by atoms with Gasteiger partial charge in [0.1, 0.15) is 5.75 Å². The number of para-hydroxylation sites is 2. The van der Waals surface area contributed by atoms with Gasteiger partial charge in [0.2, 0.25) is 0 Å². The molecule has 0 unspecified atom stereocenters. The van der Waals surface area contributed by atoms with Gasteiger partial charge in [0.05, 0.1) is 18.4 Å². The smallest absolute Gasteiger partial charge is 0.338 e. The molecule has 0 aliphatic heterocycles. The summed E-state index contributed by atoms with van der Waals surface area (Å²) in [5, 5.41) is 2.69. The van der Waals surface area contributed by atoms with E-state index < -0.39 is 18.0 Å². The Morgan fingerprint density at radius 3 is 2.35 bits per heavy atom. The second-order valence-corrected chi connectivity index (χ2v) is 5.10. The summed E-state index contributed by atoms with van der Waals surface area (Å²) in [4.78, 5) is 24.2. The fraction of sp³-hybridized carbons (Fsp3) is 0.222. The number of carbonyl (C=O) groups is 2. The molecule has 0 saturated heterocycles. The van der Waals surface area contributed by atoms with E-state index in [9.17, 15) is 9.59 Å². The first-order valence-corrected chi connectivity index (χ1v) is 7.23. The number of esters is 1. The molecule has 0 fully saturated rings. The van der Waals surface area contributed by atoms with Crippen molar-refractivity contribution in [3.8, 4) is 5.75 Å². The third-order valence-electron chi connectivity index (χ3n) is 3.31. The fourth-order valence-electron chi connectivity index (χ4n) is 1.95. The molecule has 2 rings (SSSR count). The van der Waals surface area contributed by atoms with Crippen LogP contribution in [0, 0.1) is 6.92 Å². The standard InChI is InChI=1S/C18H19NO4/c1-12-8-10-14(11-9-12)18(21)23-13(2)17(20)19-15-6-4-5-7-16(15)22-3/h4-11,13H,1-3H3,(H,19,20)/t13-/m0/s1. The van der Waals surface area contributed by atoms with Crippen molar-refractivity contribution in [2.45, 2.75) is 20.0 Å². The Morgan fingerprint density at radius 2 is 1.70 bits per heavy atom. The summed E-state index contributed by atoms with van der Waals surface area (Å²) in [6.07, 6.45) is -0.922. The fourth-order valence-corrected chi connectivity index (χ4v) is 1.95. The van der Waals surface area contributed by atoms with E-state index in [4.69, 9.17) is 9.47 Å². The zero-order valence-corrected chi connectivity index (χ0v) is 13.3. The maximum Gasteiger partial charge on any atom is 0.338 e. The predicted molar refractivity (Wildman–Crippen MR) is 87.7 cm³/mol. The maximum absolute atomic E-state index is 12.2. The molecule has 1 atom stereocenters. The minimum absolute atomic E-state index is 0.410. The Labute approximate surface area is 135 Å². The number of carbonyl (C=O) groups excluding carboxylic acids is 2. The quantitative estimate of drug-likeness (QED) is 0.861. The van der Waals surface area contributed by atoms with Crippen molar-refractivity contribution in [2.24, 2.45) is 0 Å². The summed E-state index contributed by atoms with van der Waals surface area (Å²) < 4.78 is 10.4. The van der Waals surface area contributed by atoms with Crippen LogP contribution in [0.3, 0.4) is 0 Å². The first-order chi connectivity index (χ1) is 11.0. The normalized spacial score (nSPS) is 11.4. The lowest BCUT2D eigenvalue weighted by Crippen LogP contribution is -2.30. The van der Waals surface area contributed by atoms with Gasteiger partial charge < -0.3 is 14.8 Å². The first kappa shape index (κ1) is 16.5. The van der Waals surface area contributed by atoms with Gasteiger partial charge in [0, 0.05) is 0 Å². The Morgan fingerprint density at radius 1 is 1.04 bits per heavy atom. The van der Waals surface area contributed by atoms with E-state index in [0.717, 1.165) is 5.56 Å². The van der Waals surface area contributed by atoms with E-state index in [1.165, 1.54) is 14.0 Å². The van der Waals surface area contributed by atoms with E-state index in [1.807, 2.05) is 19.1 Å². The predicted octanol–water partition coefficient (Wildman–Crippen LogP) is 3.19. The third-order valence-corrected chi connectivity index (χ3v) is 3.31. The van der Waals surface area contributed by atoms with Crippen LogP contribution in [-0.4, -0.2) is 25.1 Å². The van der Waals surface area contributed by atoms with Crippen LogP contribution < -0.4 is 10.1 Å². The molecule has 5 nitrogen and oxygen atoms in total. The highest BCUT2D eigenvalue weighted by Gasteiger charge is 2.20. The lowest BCUT2D eigenvalue weighted by atomic mass is 10.1. The number of rotatable bonds is 5. The SMILES string of the molecule is COc1ccccc1NC(=O)[C@H](C)OC(=O)c1ccc(C)cc1. The Bertz CT molecular complexity index is 694. The molecule has 1 amide bonds. The number of nitrogens with one attached hydrogen (secondary N) is 1. The molecule has 0 heterocycles. The van der Waals surface area contributed by atoms with Crippen molar-refractivity contribution in [2.75, 3.05) is 12.4 Å². The average molecular weight is 313 g/mol. The summed E-state index contributed by atoms with van der Waals surface area (Å²) in [5.41, 5.74) is 1.98. The molecular weight excluding hydrogens is 294 g/mol. The van der Waals surface area contributed by atoms with Gasteiger partial charge in [-0.2, -0.15) is 0 Å². The zero-order valence-electron chi connectivity index (χ0n) is 13.3. The molecule has 0 bridgehead atoms. The summed E-state index contributed by atoms with van der Waals surface area (Å²) in [6, 6.07) is 14.0. The molecule has 0 aliphatic carbocycles. The monoisotopic (exact) mass is 313 g/mol. The highest BCUT2D eigenvalue weighted by molar-refractivity contribution is 5.98. The van der Waals surface area contributed by atoms with E-state index >= 15 is 0 Å². The van der Waals surface area contributed by atoms with Gasteiger partial charge in [-0.3, -0.25) is 4.79 Å². The van der Waals surface area contributed by atoms with Crippen LogP contribution >= 0.6 is 0 Å². The molecule has 1 N–H and O–H groups in total. The van der Waals surface area contributed by atoms with Crippen LogP contribution in [0.5, 0.6) is 5.75 Å². The Kier molecular flexibility index (Phi) is 5.36. The molecule has 2 aromatic rings. The lowest BCUT2D eigenvalue weighted by Gasteiger charge is -2.15. The van der Waals surface area contributed by atoms with Gasteiger partial charge in [-0.1, -0.05) is 29.8 Å². The summed E-state index contributed by atoms with van der Waals surface area (Å²) in [5.74, 6) is -0.416. The number of ether oxygens (including phenoxy) is 2. The van der Waals surface area contributed by atoms with Crippen molar-refractivity contribution in [1.82, 2.24) is 0 Å². The number of benzene rings is 2. The number of hydrogen-bond acceptors (Lipinski definition) is 4. The van der Waals surface area contributed by atoms with Crippen LogP contribution in [0.15, 0.2) is 48.5 Å². The number of anilines is 1. The van der Waals surface area contributed by atoms with Crippen molar-refractivity contribution >= 4 is 17.6 Å². The van der Waals surface area contributed by atoms with Gasteiger partial charge in [-0.25, -0.2) is 4.79 Å². The van der Waals surface area contributed by atoms with Gasteiger partial charge >= 0.3 is 5.97 Å². The number of hydrogen-bond donors (Lipinski definition) is 1. The molecule has 0 aromatic heterocycles. The van der Waals surface area contributed by atoms with E-state index in [0.29, 0.717) is 17.0 Å². The van der Waals surface area contributed by atoms with Gasteiger partial charge in [-0.05, 0) is 38.1 Å². The van der Waals surface area contributed by atoms with Gasteiger partial charge in [0.25, 0.3) is 5.91 Å². The highest BCUT2D eigenvalue weighted by Crippen LogP contribution is 2.23. The minimum Gasteiger partial charge on any atom is -0.495 e. The van der Waals surface area contributed by atoms with E-state index in [-0.39, 0.29) is 0 Å². The van der Waals surface area contributed by atoms with Gasteiger partial charge in [0.15, 0.2) is 6.10 Å². The van der Waals surface area contributed by atoms with Crippen LogP contribution in [0.25, 0.3) is 0 Å². The molecule has 5 heteroatoms. The zero-order chi connectivity index (χ0) is 16.8. The van der Waals surface area contributed by atoms with Crippen LogP contribution in [0.1, 0.15) is 22.8 Å². The van der Waals surface area contributed by atoms with Crippen molar-refractivity contribution < 1.29 is 19.1 Å². The lowest BCUT2D eigenvalue weighted by molar-refractivity contribution is -0.123. The van der Waals surface area contributed by atoms with Crippen molar-refractivity contribution in [1.29, 1.82) is 0 Å². The van der Waals surface area contributed by atoms with E-state index in [2.05, 4.69) is 5.32 Å². The van der Waals surface area contributed by atoms with Gasteiger partial charge in [-0.15, -0.1) is 0 Å². The largest absolute Gasteiger partial charge is 0.495 e. The van der Waals surface area contributed by atoms with Crippen LogP contribution in [0.2, 0.25) is 0 Å². The Hall–Kier alpha value is -2.82. The summed E-state index contributed by atoms with van der Waals surface area (Å²) in [6.45, 7) is 3.45. The third kappa shape index (κ3) is 4.32. The van der Waals surface area contributed by atoms with Crippen LogP contribution in [-0.2, 0) is 9.53 Å². The number of methoxy groups -OCH3 is 1. The molecule has 120 valence electrons. The Balaban J connectivity index is 1.99. The number of aryl methyl sites for hydroxylation is 1. The molecular formula is C18H19NO4. The molecule has 0 saturated carbocycles. The molecule has 2 aromatic carbocycles. The molecule has 0 spiro atoms. The minimum atomic E-state index is -0.922. The molecule has 0 aliphatic rings. The summed E-state index contributed by atoms with van der Waals surface area (Å²) >= 11 is 0. The first-order valence-electron chi connectivity index (χ1n) is 7.23. The van der Waals surface area contributed by atoms with Crippen LogP contribution in [0.4, 0.5) is 5.69 Å². The average Bonchev–Trinajstić information content (AvgIpc) is 2.55.